The molecule has 0 bridgehead atoms. The van der Waals surface area contributed by atoms with Crippen molar-refractivity contribution in [2.24, 2.45) is 5.92 Å². The number of ketones is 1. The summed E-state index contributed by atoms with van der Waals surface area (Å²) in [5, 5.41) is 15.8. The van der Waals surface area contributed by atoms with Crippen molar-refractivity contribution in [1.29, 1.82) is 0 Å². The lowest BCUT2D eigenvalue weighted by molar-refractivity contribution is -0.139. The summed E-state index contributed by atoms with van der Waals surface area (Å²) in [6, 6.07) is 23.6. The van der Waals surface area contributed by atoms with Crippen LogP contribution in [0.4, 0.5) is 0 Å². The SMILES string of the molecule is CN[C@H](C(=O)N[C@H](C(=O)N(C)[C@H](C=C(C)C(=O)O)C(C)C)C(C)(C)c1ccc(C(=O)c2ccccc2)cc1)C(C)(C)c1ccccc1. The third-order valence-corrected chi connectivity index (χ3v) is 9.21. The van der Waals surface area contributed by atoms with Crippen LogP contribution in [0.2, 0.25) is 0 Å². The lowest BCUT2D eigenvalue weighted by Gasteiger charge is -2.41. The van der Waals surface area contributed by atoms with Crippen LogP contribution in [0, 0.1) is 5.92 Å². The molecule has 3 atom stereocenters. The molecule has 0 unspecified atom stereocenters. The van der Waals surface area contributed by atoms with Crippen molar-refractivity contribution in [3.8, 4) is 0 Å². The van der Waals surface area contributed by atoms with E-state index < -0.39 is 34.9 Å². The number of amides is 2. The second-order valence-corrected chi connectivity index (χ2v) is 13.6. The molecule has 0 aromatic heterocycles. The molecule has 2 amide bonds. The predicted octanol–water partition coefficient (Wildman–Crippen LogP) is 5.76. The van der Waals surface area contributed by atoms with Crippen LogP contribution < -0.4 is 10.6 Å². The summed E-state index contributed by atoms with van der Waals surface area (Å²) in [6.45, 7) is 13.1. The van der Waals surface area contributed by atoms with Crippen molar-refractivity contribution >= 4 is 23.6 Å². The number of hydrogen-bond donors (Lipinski definition) is 3. The van der Waals surface area contributed by atoms with Crippen LogP contribution in [0.3, 0.4) is 0 Å². The first kappa shape index (κ1) is 36.9. The molecule has 0 saturated heterocycles. The zero-order chi connectivity index (χ0) is 35.1. The van der Waals surface area contributed by atoms with Crippen LogP contribution >= 0.6 is 0 Å². The summed E-state index contributed by atoms with van der Waals surface area (Å²) >= 11 is 0. The Hall–Kier alpha value is -4.56. The Bertz CT molecular complexity index is 1580. The molecule has 250 valence electrons. The number of carboxylic acids is 1. The number of nitrogens with one attached hydrogen (secondary N) is 2. The molecule has 0 spiro atoms. The Labute approximate surface area is 279 Å². The molecule has 3 aromatic rings. The van der Waals surface area contributed by atoms with E-state index in [2.05, 4.69) is 10.6 Å². The van der Waals surface area contributed by atoms with Crippen molar-refractivity contribution < 1.29 is 24.3 Å². The molecule has 0 fully saturated rings. The average Bonchev–Trinajstić information content (AvgIpc) is 3.05. The van der Waals surface area contributed by atoms with E-state index in [9.17, 15) is 24.3 Å². The first-order chi connectivity index (χ1) is 22.0. The van der Waals surface area contributed by atoms with Gasteiger partial charge in [-0.2, -0.15) is 0 Å². The highest BCUT2D eigenvalue weighted by Gasteiger charge is 2.44. The third kappa shape index (κ3) is 8.43. The molecule has 0 aliphatic heterocycles. The maximum Gasteiger partial charge on any atom is 0.331 e. The number of rotatable bonds is 14. The molecule has 3 N–H and O–H groups in total. The van der Waals surface area contributed by atoms with Gasteiger partial charge in [0.15, 0.2) is 5.78 Å². The smallest absolute Gasteiger partial charge is 0.331 e. The third-order valence-electron chi connectivity index (χ3n) is 9.21. The number of carboxylic acid groups (broad SMARTS) is 1. The van der Waals surface area contributed by atoms with Gasteiger partial charge in [0.05, 0.1) is 12.1 Å². The second-order valence-electron chi connectivity index (χ2n) is 13.6. The van der Waals surface area contributed by atoms with Gasteiger partial charge in [0, 0.05) is 34.6 Å². The second kappa shape index (κ2) is 15.4. The van der Waals surface area contributed by atoms with Crippen molar-refractivity contribution in [3.63, 3.8) is 0 Å². The minimum absolute atomic E-state index is 0.108. The Kier molecular flexibility index (Phi) is 12.1. The number of benzene rings is 3. The van der Waals surface area contributed by atoms with Gasteiger partial charge in [-0.3, -0.25) is 14.4 Å². The molecular weight excluding hydrogens is 590 g/mol. The van der Waals surface area contributed by atoms with E-state index in [1.807, 2.05) is 102 Å². The van der Waals surface area contributed by atoms with E-state index in [0.717, 1.165) is 11.1 Å². The highest BCUT2D eigenvalue weighted by atomic mass is 16.4. The van der Waals surface area contributed by atoms with E-state index in [0.29, 0.717) is 11.1 Å². The topological polar surface area (TPSA) is 116 Å². The van der Waals surface area contributed by atoms with Gasteiger partial charge in [-0.25, -0.2) is 4.79 Å². The summed E-state index contributed by atoms with van der Waals surface area (Å²) in [7, 11) is 3.36. The number of carbonyl (C=O) groups excluding carboxylic acids is 3. The summed E-state index contributed by atoms with van der Waals surface area (Å²) < 4.78 is 0. The highest BCUT2D eigenvalue weighted by molar-refractivity contribution is 6.09. The van der Waals surface area contributed by atoms with Crippen molar-refractivity contribution in [1.82, 2.24) is 15.5 Å². The average molecular weight is 640 g/mol. The monoisotopic (exact) mass is 639 g/mol. The fourth-order valence-corrected chi connectivity index (χ4v) is 6.03. The summed E-state index contributed by atoms with van der Waals surface area (Å²) in [5.41, 5.74) is 1.33. The largest absolute Gasteiger partial charge is 0.478 e. The first-order valence-corrected chi connectivity index (χ1v) is 16.0. The van der Waals surface area contributed by atoms with Crippen LogP contribution in [0.15, 0.2) is 96.6 Å². The van der Waals surface area contributed by atoms with Crippen molar-refractivity contribution in [3.05, 3.63) is 119 Å². The van der Waals surface area contributed by atoms with E-state index in [4.69, 9.17) is 0 Å². The Balaban J connectivity index is 2.07. The number of nitrogens with zero attached hydrogens (tertiary/aromatic N) is 1. The minimum atomic E-state index is -1.06. The summed E-state index contributed by atoms with van der Waals surface area (Å²) in [5.74, 6) is -2.01. The zero-order valence-corrected chi connectivity index (χ0v) is 29.0. The standard InChI is InChI=1S/C39H49N3O5/c1-25(2)31(24-26(3)37(46)47)42(9)36(45)34(41-35(44)33(40-8)38(4,5)29-18-14-11-15-19-29)39(6,7)30-22-20-28(21-23-30)32(43)27-16-12-10-13-17-27/h10-25,31,33-34,40H,1-9H3,(H,41,44)(H,46,47)/t31-,33-,34-/m1/s1. The number of aliphatic carboxylic acids is 1. The normalized spacial score (nSPS) is 14.2. The molecule has 8 nitrogen and oxygen atoms in total. The summed E-state index contributed by atoms with van der Waals surface area (Å²) in [6.07, 6.45) is 1.58. The first-order valence-electron chi connectivity index (χ1n) is 16.0. The van der Waals surface area contributed by atoms with Crippen molar-refractivity contribution in [2.75, 3.05) is 14.1 Å². The van der Waals surface area contributed by atoms with Gasteiger partial charge in [-0.05, 0) is 31.0 Å². The molecule has 0 saturated carbocycles. The lowest BCUT2D eigenvalue weighted by atomic mass is 9.74. The molecule has 3 aromatic carbocycles. The number of hydrogen-bond acceptors (Lipinski definition) is 5. The van der Waals surface area contributed by atoms with Crippen LogP contribution in [0.1, 0.15) is 75.5 Å². The molecule has 0 aliphatic rings. The van der Waals surface area contributed by atoms with Gasteiger partial charge in [-0.15, -0.1) is 0 Å². The molecule has 0 aliphatic carbocycles. The predicted molar refractivity (Wildman–Crippen MR) is 186 cm³/mol. The molecule has 8 heteroatoms. The molecule has 0 radical (unpaired) electrons. The van der Waals surface area contributed by atoms with Gasteiger partial charge in [0.25, 0.3) is 0 Å². The van der Waals surface area contributed by atoms with Crippen LogP contribution in [-0.4, -0.2) is 65.8 Å². The molecular formula is C39H49N3O5. The zero-order valence-electron chi connectivity index (χ0n) is 29.0. The van der Waals surface area contributed by atoms with E-state index in [1.54, 1.807) is 44.4 Å². The maximum absolute atomic E-state index is 14.5. The summed E-state index contributed by atoms with van der Waals surface area (Å²) in [4.78, 5) is 55.1. The maximum atomic E-state index is 14.5. The van der Waals surface area contributed by atoms with Crippen molar-refractivity contribution in [2.45, 2.75) is 77.4 Å². The Morgan fingerprint density at radius 1 is 0.745 bits per heavy atom. The molecule has 47 heavy (non-hydrogen) atoms. The Morgan fingerprint density at radius 2 is 1.21 bits per heavy atom. The van der Waals surface area contributed by atoms with E-state index >= 15 is 0 Å². The van der Waals surface area contributed by atoms with Crippen LogP contribution in [0.25, 0.3) is 0 Å². The van der Waals surface area contributed by atoms with Crippen LogP contribution in [0.5, 0.6) is 0 Å². The number of likely N-dealkylation sites (N-methyl/N-ethyl adjacent to an activating group) is 2. The fourth-order valence-electron chi connectivity index (χ4n) is 6.03. The van der Waals surface area contributed by atoms with E-state index in [-0.39, 0.29) is 29.1 Å². The minimum Gasteiger partial charge on any atom is -0.478 e. The lowest BCUT2D eigenvalue weighted by Crippen LogP contribution is -2.63. The van der Waals surface area contributed by atoms with Gasteiger partial charge in [-0.1, -0.05) is 133 Å². The number of carbonyl (C=O) groups is 4. The quantitative estimate of drug-likeness (QED) is 0.153. The van der Waals surface area contributed by atoms with Gasteiger partial charge >= 0.3 is 5.97 Å². The highest BCUT2D eigenvalue weighted by Crippen LogP contribution is 2.32. The van der Waals surface area contributed by atoms with Crippen LogP contribution in [-0.2, 0) is 25.2 Å². The van der Waals surface area contributed by atoms with Gasteiger partial charge in [0.1, 0.15) is 6.04 Å². The fraction of sp³-hybridized carbons (Fsp3) is 0.385. The molecule has 3 rings (SSSR count). The van der Waals surface area contributed by atoms with Gasteiger partial charge < -0.3 is 20.6 Å². The Morgan fingerprint density at radius 3 is 1.70 bits per heavy atom. The molecule has 0 heterocycles. The van der Waals surface area contributed by atoms with E-state index in [1.165, 1.54) is 11.8 Å². The van der Waals surface area contributed by atoms with Gasteiger partial charge in [0.2, 0.25) is 11.8 Å².